The molecule has 0 aliphatic carbocycles. The number of carbonyl (C=O) groups is 1. The summed E-state index contributed by atoms with van der Waals surface area (Å²) in [5.41, 5.74) is 0.956. The molecule has 0 bridgehead atoms. The Morgan fingerprint density at radius 2 is 2.33 bits per heavy atom. The van der Waals surface area contributed by atoms with Crippen molar-refractivity contribution >= 4 is 17.2 Å². The zero-order valence-corrected chi connectivity index (χ0v) is 10.2. The lowest BCUT2D eigenvalue weighted by molar-refractivity contribution is -0.132. The topological polar surface area (TPSA) is 62.5 Å². The van der Waals surface area contributed by atoms with Crippen LogP contribution in [-0.2, 0) is 4.79 Å². The molecular weight excluding hydrogens is 230 g/mol. The molecule has 94 valence electrons. The predicted octanol–water partition coefficient (Wildman–Crippen LogP) is 0.762. The summed E-state index contributed by atoms with van der Waals surface area (Å²) in [6.07, 6.45) is 6.73. The molecule has 0 spiro atoms. The van der Waals surface area contributed by atoms with Crippen LogP contribution in [-0.4, -0.2) is 45.0 Å². The first-order valence-electron chi connectivity index (χ1n) is 6.03. The second-order valence-corrected chi connectivity index (χ2v) is 4.59. The Balaban J connectivity index is 1.80. The Morgan fingerprint density at radius 3 is 3.17 bits per heavy atom. The fourth-order valence-electron chi connectivity index (χ4n) is 2.29. The Labute approximate surface area is 105 Å². The van der Waals surface area contributed by atoms with Crippen molar-refractivity contribution in [2.24, 2.45) is 0 Å². The molecule has 1 fully saturated rings. The maximum atomic E-state index is 11.4. The molecule has 6 heteroatoms. The Kier molecular flexibility index (Phi) is 2.62. The lowest BCUT2D eigenvalue weighted by atomic mass is 10.1. The van der Waals surface area contributed by atoms with E-state index in [1.807, 2.05) is 19.3 Å². The minimum Gasteiger partial charge on any atom is -0.364 e. The molecule has 2 aromatic rings. The zero-order chi connectivity index (χ0) is 12.5. The number of hydrogen-bond donors (Lipinski definition) is 1. The number of carbonyl (C=O) groups excluding carboxylic acids is 1. The zero-order valence-electron chi connectivity index (χ0n) is 10.2. The van der Waals surface area contributed by atoms with E-state index >= 15 is 0 Å². The van der Waals surface area contributed by atoms with E-state index in [0.717, 1.165) is 24.3 Å². The summed E-state index contributed by atoms with van der Waals surface area (Å²) in [6.45, 7) is 0.718. The summed E-state index contributed by atoms with van der Waals surface area (Å²) in [5.74, 6) is 1.03. The van der Waals surface area contributed by atoms with E-state index in [4.69, 9.17) is 0 Å². The maximum absolute atomic E-state index is 11.4. The summed E-state index contributed by atoms with van der Waals surface area (Å²) in [4.78, 5) is 17.5. The fraction of sp³-hybridized carbons (Fsp3) is 0.417. The summed E-state index contributed by atoms with van der Waals surface area (Å²) >= 11 is 0. The third-order valence-electron chi connectivity index (χ3n) is 3.29. The highest BCUT2D eigenvalue weighted by Crippen LogP contribution is 2.18. The second-order valence-electron chi connectivity index (χ2n) is 4.59. The van der Waals surface area contributed by atoms with Gasteiger partial charge in [-0.25, -0.2) is 9.50 Å². The lowest BCUT2D eigenvalue weighted by Gasteiger charge is -2.30. The fourth-order valence-corrected chi connectivity index (χ4v) is 2.29. The van der Waals surface area contributed by atoms with Gasteiger partial charge in [0.15, 0.2) is 5.82 Å². The molecule has 1 N–H and O–H groups in total. The highest BCUT2D eigenvalue weighted by atomic mass is 16.2. The van der Waals surface area contributed by atoms with Crippen LogP contribution in [0.3, 0.4) is 0 Å². The van der Waals surface area contributed by atoms with Crippen LogP contribution in [0.25, 0.3) is 5.52 Å². The Hall–Kier alpha value is -2.11. The Bertz CT molecular complexity index is 579. The van der Waals surface area contributed by atoms with E-state index in [2.05, 4.69) is 15.4 Å². The standard InChI is InChI=1S/C12H15N5O/c1-16-8-9(2-3-11(16)18)15-12-10-4-5-14-17(10)7-6-13-12/h4-7,9H,2-3,8H2,1H3,(H,13,15). The number of likely N-dealkylation sites (tertiary alicyclic amines) is 1. The molecule has 1 amide bonds. The number of anilines is 1. The van der Waals surface area contributed by atoms with Crippen LogP contribution in [0.5, 0.6) is 0 Å². The van der Waals surface area contributed by atoms with E-state index in [9.17, 15) is 4.79 Å². The van der Waals surface area contributed by atoms with Gasteiger partial charge in [0.25, 0.3) is 0 Å². The molecule has 0 saturated carbocycles. The van der Waals surface area contributed by atoms with Gasteiger partial charge >= 0.3 is 0 Å². The monoisotopic (exact) mass is 245 g/mol. The first-order chi connectivity index (χ1) is 8.74. The van der Waals surface area contributed by atoms with Crippen molar-refractivity contribution in [3.63, 3.8) is 0 Å². The largest absolute Gasteiger partial charge is 0.364 e. The number of likely N-dealkylation sites (N-methyl/N-ethyl adjacent to an activating group) is 1. The van der Waals surface area contributed by atoms with Crippen molar-refractivity contribution in [1.29, 1.82) is 0 Å². The number of amides is 1. The van der Waals surface area contributed by atoms with E-state index in [-0.39, 0.29) is 11.9 Å². The number of nitrogens with zero attached hydrogens (tertiary/aromatic N) is 4. The first kappa shape index (κ1) is 11.0. The number of nitrogens with one attached hydrogen (secondary N) is 1. The van der Waals surface area contributed by atoms with Crippen LogP contribution in [0.15, 0.2) is 24.7 Å². The van der Waals surface area contributed by atoms with Crippen LogP contribution in [0.4, 0.5) is 5.82 Å². The van der Waals surface area contributed by atoms with Crippen LogP contribution < -0.4 is 5.32 Å². The van der Waals surface area contributed by atoms with Crippen LogP contribution >= 0.6 is 0 Å². The highest BCUT2D eigenvalue weighted by molar-refractivity contribution is 5.77. The average Bonchev–Trinajstić information content (AvgIpc) is 2.83. The molecule has 1 unspecified atom stereocenters. The number of hydrogen-bond acceptors (Lipinski definition) is 4. The van der Waals surface area contributed by atoms with E-state index in [1.165, 1.54) is 0 Å². The van der Waals surface area contributed by atoms with Crippen molar-refractivity contribution in [2.75, 3.05) is 18.9 Å². The molecule has 18 heavy (non-hydrogen) atoms. The number of rotatable bonds is 2. The van der Waals surface area contributed by atoms with Gasteiger partial charge in [-0.05, 0) is 12.5 Å². The molecular formula is C12H15N5O. The third-order valence-corrected chi connectivity index (χ3v) is 3.29. The normalized spacial score (nSPS) is 20.4. The van der Waals surface area contributed by atoms with E-state index < -0.39 is 0 Å². The van der Waals surface area contributed by atoms with Gasteiger partial charge in [0, 0.05) is 38.4 Å². The highest BCUT2D eigenvalue weighted by Gasteiger charge is 2.23. The van der Waals surface area contributed by atoms with Gasteiger partial charge in [0.05, 0.1) is 6.20 Å². The van der Waals surface area contributed by atoms with Crippen LogP contribution in [0.2, 0.25) is 0 Å². The molecule has 0 aromatic carbocycles. The van der Waals surface area contributed by atoms with Crippen LogP contribution in [0, 0.1) is 0 Å². The van der Waals surface area contributed by atoms with Gasteiger partial charge in [-0.1, -0.05) is 0 Å². The molecule has 1 aliphatic rings. The van der Waals surface area contributed by atoms with Crippen molar-refractivity contribution < 1.29 is 4.79 Å². The van der Waals surface area contributed by atoms with E-state index in [1.54, 1.807) is 21.8 Å². The molecule has 2 aromatic heterocycles. The van der Waals surface area contributed by atoms with Crippen molar-refractivity contribution in [2.45, 2.75) is 18.9 Å². The van der Waals surface area contributed by atoms with Crippen molar-refractivity contribution in [1.82, 2.24) is 19.5 Å². The molecule has 0 radical (unpaired) electrons. The van der Waals surface area contributed by atoms with Crippen molar-refractivity contribution in [3.05, 3.63) is 24.7 Å². The third kappa shape index (κ3) is 1.90. The molecule has 1 aliphatic heterocycles. The summed E-state index contributed by atoms with van der Waals surface area (Å²) < 4.78 is 1.78. The van der Waals surface area contributed by atoms with Crippen molar-refractivity contribution in [3.8, 4) is 0 Å². The summed E-state index contributed by atoms with van der Waals surface area (Å²) in [6, 6.07) is 2.17. The van der Waals surface area contributed by atoms with Gasteiger partial charge in [0.2, 0.25) is 5.91 Å². The number of fused-ring (bicyclic) bond motifs is 1. The molecule has 3 heterocycles. The second kappa shape index (κ2) is 4.29. The van der Waals surface area contributed by atoms with Gasteiger partial charge in [-0.3, -0.25) is 4.79 Å². The van der Waals surface area contributed by atoms with E-state index in [0.29, 0.717) is 6.42 Å². The molecule has 6 nitrogen and oxygen atoms in total. The van der Waals surface area contributed by atoms with Gasteiger partial charge < -0.3 is 10.2 Å². The average molecular weight is 245 g/mol. The van der Waals surface area contributed by atoms with Gasteiger partial charge in [0.1, 0.15) is 5.52 Å². The lowest BCUT2D eigenvalue weighted by Crippen LogP contribution is -2.43. The summed E-state index contributed by atoms with van der Waals surface area (Å²) in [5, 5.41) is 7.57. The maximum Gasteiger partial charge on any atom is 0.222 e. The molecule has 1 atom stereocenters. The van der Waals surface area contributed by atoms with Crippen LogP contribution in [0.1, 0.15) is 12.8 Å². The molecule has 3 rings (SSSR count). The SMILES string of the molecule is CN1CC(Nc2nccn3nccc23)CCC1=O. The number of aromatic nitrogens is 3. The number of piperidine rings is 1. The summed E-state index contributed by atoms with van der Waals surface area (Å²) in [7, 11) is 1.84. The molecule has 1 saturated heterocycles. The minimum atomic E-state index is 0.212. The minimum absolute atomic E-state index is 0.212. The smallest absolute Gasteiger partial charge is 0.222 e. The Morgan fingerprint density at radius 1 is 1.44 bits per heavy atom. The van der Waals surface area contributed by atoms with Gasteiger partial charge in [-0.15, -0.1) is 0 Å². The van der Waals surface area contributed by atoms with Gasteiger partial charge in [-0.2, -0.15) is 5.10 Å². The first-order valence-corrected chi connectivity index (χ1v) is 6.03. The quantitative estimate of drug-likeness (QED) is 0.848. The predicted molar refractivity (Wildman–Crippen MR) is 67.3 cm³/mol.